The number of imidazole rings is 1. The molecule has 3 aromatic rings. The van der Waals surface area contributed by atoms with Crippen molar-refractivity contribution in [2.45, 2.75) is 51.4 Å². The van der Waals surface area contributed by atoms with Crippen molar-refractivity contribution in [3.05, 3.63) is 78.1 Å². The molecule has 0 spiro atoms. The number of benzene rings is 2. The topological polar surface area (TPSA) is 64.3 Å². The van der Waals surface area contributed by atoms with Crippen molar-refractivity contribution in [3.8, 4) is 22.5 Å². The molecule has 0 radical (unpaired) electrons. The summed E-state index contributed by atoms with van der Waals surface area (Å²) >= 11 is 0. The lowest BCUT2D eigenvalue weighted by molar-refractivity contribution is -0.156. The Morgan fingerprint density at radius 2 is 1.70 bits per heavy atom. The first kappa shape index (κ1) is 22.9. The second kappa shape index (κ2) is 9.67. The molecular weight excluding hydrogens is 426 g/mol. The van der Waals surface area contributed by atoms with E-state index in [-0.39, 0.29) is 24.0 Å². The molecule has 0 saturated carbocycles. The summed E-state index contributed by atoms with van der Waals surface area (Å²) in [5, 5.41) is 9.84. The van der Waals surface area contributed by atoms with E-state index in [4.69, 9.17) is 9.72 Å². The molecule has 0 aliphatic carbocycles. The fourth-order valence-electron chi connectivity index (χ4n) is 4.05. The first-order valence-corrected chi connectivity index (χ1v) is 11.0. The Labute approximate surface area is 191 Å². The summed E-state index contributed by atoms with van der Waals surface area (Å²) in [6.45, 7) is 4.49. The number of hydrogen-bond donors (Lipinski definition) is 1. The van der Waals surface area contributed by atoms with Gasteiger partial charge in [0.2, 0.25) is 0 Å². The Bertz CT molecular complexity index is 1150. The van der Waals surface area contributed by atoms with E-state index in [2.05, 4.69) is 0 Å². The number of allylic oxidation sites excluding steroid dienone is 1. The van der Waals surface area contributed by atoms with Gasteiger partial charge in [-0.3, -0.25) is 4.79 Å². The smallest absolute Gasteiger partial charge is 0.309 e. The summed E-state index contributed by atoms with van der Waals surface area (Å²) in [7, 11) is 0. The fourth-order valence-corrected chi connectivity index (χ4v) is 4.05. The minimum absolute atomic E-state index is 0.0130. The zero-order valence-electron chi connectivity index (χ0n) is 18.5. The van der Waals surface area contributed by atoms with Gasteiger partial charge in [0.1, 0.15) is 23.6 Å². The molecule has 2 atom stereocenters. The van der Waals surface area contributed by atoms with E-state index in [9.17, 15) is 18.7 Å². The SMILES string of the molecule is CC(C)c1nc(-c2ccc(F)cc2)c(-c2ccc(F)cc2)n1C/C=C/[C@H]1C[C@H](O)CC(=O)O1. The molecule has 0 unspecified atom stereocenters. The number of carbonyl (C=O) groups excluding carboxylic acids is 1. The van der Waals surface area contributed by atoms with E-state index in [1.54, 1.807) is 30.3 Å². The number of esters is 1. The number of ether oxygens (including phenoxy) is 1. The number of carbonyl (C=O) groups is 1. The minimum atomic E-state index is -0.708. The Hall–Kier alpha value is -3.32. The first-order chi connectivity index (χ1) is 15.8. The average molecular weight is 453 g/mol. The van der Waals surface area contributed by atoms with Crippen LogP contribution in [0.25, 0.3) is 22.5 Å². The van der Waals surface area contributed by atoms with Gasteiger partial charge in [0.25, 0.3) is 0 Å². The highest BCUT2D eigenvalue weighted by Gasteiger charge is 2.26. The van der Waals surface area contributed by atoms with Gasteiger partial charge in [-0.25, -0.2) is 13.8 Å². The molecule has 33 heavy (non-hydrogen) atoms. The molecule has 4 rings (SSSR count). The van der Waals surface area contributed by atoms with Crippen LogP contribution in [0.3, 0.4) is 0 Å². The largest absolute Gasteiger partial charge is 0.458 e. The number of aliphatic hydroxyl groups is 1. The van der Waals surface area contributed by atoms with Gasteiger partial charge in [-0.05, 0) is 54.6 Å². The Balaban J connectivity index is 1.77. The molecule has 1 aliphatic rings. The maximum absolute atomic E-state index is 13.6. The Morgan fingerprint density at radius 1 is 1.09 bits per heavy atom. The molecule has 1 N–H and O–H groups in total. The van der Waals surface area contributed by atoms with E-state index in [0.29, 0.717) is 18.7 Å². The summed E-state index contributed by atoms with van der Waals surface area (Å²) in [5.41, 5.74) is 3.00. The normalized spacial score (nSPS) is 18.8. The maximum atomic E-state index is 13.6. The average Bonchev–Trinajstić information content (AvgIpc) is 3.14. The second-order valence-corrected chi connectivity index (χ2v) is 8.50. The zero-order valence-corrected chi connectivity index (χ0v) is 18.5. The second-order valence-electron chi connectivity index (χ2n) is 8.50. The molecule has 2 heterocycles. The molecule has 0 amide bonds. The third kappa shape index (κ3) is 5.20. The van der Waals surface area contributed by atoms with Gasteiger partial charge in [-0.2, -0.15) is 0 Å². The molecule has 2 aromatic carbocycles. The maximum Gasteiger partial charge on any atom is 0.309 e. The van der Waals surface area contributed by atoms with Gasteiger partial charge in [0, 0.05) is 30.0 Å². The first-order valence-electron chi connectivity index (χ1n) is 11.0. The molecule has 1 aliphatic heterocycles. The molecule has 1 aromatic heterocycles. The number of cyclic esters (lactones) is 1. The lowest BCUT2D eigenvalue weighted by Gasteiger charge is -2.23. The number of rotatable bonds is 6. The van der Waals surface area contributed by atoms with Crippen LogP contribution in [0.4, 0.5) is 8.78 Å². The molecule has 0 bridgehead atoms. The van der Waals surface area contributed by atoms with E-state index in [1.165, 1.54) is 24.3 Å². The van der Waals surface area contributed by atoms with E-state index in [0.717, 1.165) is 22.6 Å². The molecule has 5 nitrogen and oxygen atoms in total. The Kier molecular flexibility index (Phi) is 6.70. The number of halogens is 2. The molecular formula is C26H26F2N2O3. The van der Waals surface area contributed by atoms with E-state index < -0.39 is 18.2 Å². The number of aromatic nitrogens is 2. The molecule has 7 heteroatoms. The van der Waals surface area contributed by atoms with Gasteiger partial charge in [0.05, 0.1) is 23.9 Å². The van der Waals surface area contributed by atoms with Crippen LogP contribution in [0.1, 0.15) is 38.4 Å². The predicted octanol–water partition coefficient (Wildman–Crippen LogP) is 5.24. The number of hydrogen-bond acceptors (Lipinski definition) is 4. The standard InChI is InChI=1S/C26H26F2N2O3/c1-16(2)26-29-24(17-5-9-19(27)10-6-17)25(18-7-11-20(28)12-8-18)30(26)13-3-4-22-14-21(31)15-23(32)33-22/h3-12,16,21-22,31H,13-15H2,1-2H3/b4-3+/t21-,22-/m0/s1. The lowest BCUT2D eigenvalue weighted by atomic mass is 10.0. The summed E-state index contributed by atoms with van der Waals surface area (Å²) in [6, 6.07) is 12.3. The lowest BCUT2D eigenvalue weighted by Crippen LogP contribution is -2.31. The van der Waals surface area contributed by atoms with Crippen LogP contribution in [0, 0.1) is 11.6 Å². The molecule has 1 fully saturated rings. The monoisotopic (exact) mass is 452 g/mol. The van der Waals surface area contributed by atoms with Crippen LogP contribution in [-0.2, 0) is 16.1 Å². The van der Waals surface area contributed by atoms with Gasteiger partial charge >= 0.3 is 5.97 Å². The number of nitrogens with zero attached hydrogens (tertiary/aromatic N) is 2. The quantitative estimate of drug-likeness (QED) is 0.410. The van der Waals surface area contributed by atoms with Crippen molar-refractivity contribution in [1.29, 1.82) is 0 Å². The van der Waals surface area contributed by atoms with Crippen molar-refractivity contribution < 1.29 is 23.4 Å². The zero-order chi connectivity index (χ0) is 23.5. The highest BCUT2D eigenvalue weighted by atomic mass is 19.1. The number of aliphatic hydroxyl groups excluding tert-OH is 1. The minimum Gasteiger partial charge on any atom is -0.458 e. The molecule has 1 saturated heterocycles. The van der Waals surface area contributed by atoms with Crippen LogP contribution in [-0.4, -0.2) is 32.8 Å². The van der Waals surface area contributed by atoms with Crippen LogP contribution in [0.5, 0.6) is 0 Å². The van der Waals surface area contributed by atoms with Gasteiger partial charge in [-0.1, -0.05) is 19.9 Å². The predicted molar refractivity (Wildman–Crippen MR) is 121 cm³/mol. The van der Waals surface area contributed by atoms with Crippen molar-refractivity contribution >= 4 is 5.97 Å². The van der Waals surface area contributed by atoms with Gasteiger partial charge < -0.3 is 14.4 Å². The van der Waals surface area contributed by atoms with Crippen LogP contribution < -0.4 is 0 Å². The third-order valence-corrected chi connectivity index (χ3v) is 5.58. The van der Waals surface area contributed by atoms with Crippen molar-refractivity contribution in [1.82, 2.24) is 9.55 Å². The van der Waals surface area contributed by atoms with E-state index >= 15 is 0 Å². The fraction of sp³-hybridized carbons (Fsp3) is 0.308. The highest BCUT2D eigenvalue weighted by molar-refractivity contribution is 5.79. The van der Waals surface area contributed by atoms with Crippen molar-refractivity contribution in [2.24, 2.45) is 0 Å². The van der Waals surface area contributed by atoms with Gasteiger partial charge in [-0.15, -0.1) is 0 Å². The summed E-state index contributed by atoms with van der Waals surface area (Å²) in [6.07, 6.45) is 2.83. The molecule has 172 valence electrons. The Morgan fingerprint density at radius 3 is 2.27 bits per heavy atom. The summed E-state index contributed by atoms with van der Waals surface area (Å²) < 4.78 is 34.5. The van der Waals surface area contributed by atoms with Crippen molar-refractivity contribution in [3.63, 3.8) is 0 Å². The van der Waals surface area contributed by atoms with Crippen LogP contribution in [0.15, 0.2) is 60.7 Å². The summed E-state index contributed by atoms with van der Waals surface area (Å²) in [4.78, 5) is 16.5. The van der Waals surface area contributed by atoms with Crippen molar-refractivity contribution in [2.75, 3.05) is 0 Å². The van der Waals surface area contributed by atoms with Crippen LogP contribution >= 0.6 is 0 Å². The third-order valence-electron chi connectivity index (χ3n) is 5.58. The van der Waals surface area contributed by atoms with Crippen LogP contribution in [0.2, 0.25) is 0 Å². The van der Waals surface area contributed by atoms with Gasteiger partial charge in [0.15, 0.2) is 0 Å². The summed E-state index contributed by atoms with van der Waals surface area (Å²) in [5.74, 6) is -0.188. The van der Waals surface area contributed by atoms with E-state index in [1.807, 2.05) is 24.5 Å². The highest BCUT2D eigenvalue weighted by Crippen LogP contribution is 2.35.